The van der Waals surface area contributed by atoms with E-state index in [9.17, 15) is 9.59 Å². The molecule has 3 aromatic rings. The first kappa shape index (κ1) is 13.9. The summed E-state index contributed by atoms with van der Waals surface area (Å²) in [6.07, 6.45) is 0. The van der Waals surface area contributed by atoms with Gasteiger partial charge in [0, 0.05) is 0 Å². The highest BCUT2D eigenvalue weighted by Crippen LogP contribution is 2.06. The Labute approximate surface area is 126 Å². The number of hydrogen-bond acceptors (Lipinski definition) is 5. The van der Waals surface area contributed by atoms with Crippen LogP contribution in [0.1, 0.15) is 15.9 Å². The maximum absolute atomic E-state index is 12.2. The van der Waals surface area contributed by atoms with E-state index in [0.29, 0.717) is 16.5 Å². The van der Waals surface area contributed by atoms with Gasteiger partial charge in [0.1, 0.15) is 5.52 Å². The number of nitrogens with zero attached hydrogens (tertiary/aromatic N) is 3. The van der Waals surface area contributed by atoms with E-state index in [2.05, 4.69) is 10.3 Å². The molecular formula is C16H13N3O3. The minimum Gasteiger partial charge on any atom is -0.439 e. The predicted molar refractivity (Wildman–Crippen MR) is 80.4 cm³/mol. The standard InChI is InChI=1S/C16H13N3O3/c1-11-6-8-12(9-7-11)16(21)22-10-19-15(20)13-4-2-3-5-14(13)17-18-19/h2-9H,10H2,1H3. The molecule has 0 N–H and O–H groups in total. The first-order valence-corrected chi connectivity index (χ1v) is 6.71. The van der Waals surface area contributed by atoms with Crippen molar-refractivity contribution in [2.24, 2.45) is 0 Å². The summed E-state index contributed by atoms with van der Waals surface area (Å²) in [5.74, 6) is -0.512. The van der Waals surface area contributed by atoms with Crippen molar-refractivity contribution in [3.8, 4) is 0 Å². The van der Waals surface area contributed by atoms with Crippen LogP contribution >= 0.6 is 0 Å². The van der Waals surface area contributed by atoms with Gasteiger partial charge in [0.2, 0.25) is 0 Å². The van der Waals surface area contributed by atoms with Crippen LogP contribution in [0.5, 0.6) is 0 Å². The van der Waals surface area contributed by atoms with Crippen LogP contribution in [0.3, 0.4) is 0 Å². The van der Waals surface area contributed by atoms with Crippen molar-refractivity contribution in [1.82, 2.24) is 15.0 Å². The molecule has 3 rings (SSSR count). The zero-order valence-electron chi connectivity index (χ0n) is 11.9. The van der Waals surface area contributed by atoms with E-state index in [0.717, 1.165) is 10.2 Å². The summed E-state index contributed by atoms with van der Waals surface area (Å²) in [7, 11) is 0. The molecule has 0 saturated carbocycles. The van der Waals surface area contributed by atoms with E-state index in [1.807, 2.05) is 19.1 Å². The van der Waals surface area contributed by atoms with Crippen molar-refractivity contribution in [3.05, 3.63) is 70.0 Å². The van der Waals surface area contributed by atoms with E-state index in [-0.39, 0.29) is 12.3 Å². The number of carbonyl (C=O) groups is 1. The smallest absolute Gasteiger partial charge is 0.339 e. The Kier molecular flexibility index (Phi) is 3.65. The topological polar surface area (TPSA) is 74.1 Å². The molecule has 6 nitrogen and oxygen atoms in total. The number of aromatic nitrogens is 3. The lowest BCUT2D eigenvalue weighted by Crippen LogP contribution is -2.26. The third-order valence-corrected chi connectivity index (χ3v) is 3.23. The van der Waals surface area contributed by atoms with Gasteiger partial charge >= 0.3 is 5.97 Å². The highest BCUT2D eigenvalue weighted by molar-refractivity contribution is 5.89. The van der Waals surface area contributed by atoms with Crippen molar-refractivity contribution in [1.29, 1.82) is 0 Å². The molecule has 1 aromatic heterocycles. The maximum Gasteiger partial charge on any atom is 0.339 e. The number of hydrogen-bond donors (Lipinski definition) is 0. The number of ether oxygens (including phenoxy) is 1. The molecule has 0 radical (unpaired) electrons. The predicted octanol–water partition coefficient (Wildman–Crippen LogP) is 1.91. The van der Waals surface area contributed by atoms with Crippen LogP contribution in [0.4, 0.5) is 0 Å². The van der Waals surface area contributed by atoms with Gasteiger partial charge in [-0.2, -0.15) is 4.68 Å². The van der Waals surface area contributed by atoms with Crippen LogP contribution < -0.4 is 5.56 Å². The van der Waals surface area contributed by atoms with Gasteiger partial charge < -0.3 is 4.74 Å². The lowest BCUT2D eigenvalue weighted by Gasteiger charge is -2.06. The van der Waals surface area contributed by atoms with Gasteiger partial charge in [0.25, 0.3) is 5.56 Å². The third kappa shape index (κ3) is 2.71. The molecule has 0 amide bonds. The quantitative estimate of drug-likeness (QED) is 0.690. The molecule has 0 aliphatic carbocycles. The zero-order valence-corrected chi connectivity index (χ0v) is 11.9. The summed E-state index contributed by atoms with van der Waals surface area (Å²) >= 11 is 0. The molecule has 0 saturated heterocycles. The van der Waals surface area contributed by atoms with Gasteiger partial charge in [-0.15, -0.1) is 5.10 Å². The van der Waals surface area contributed by atoms with Gasteiger partial charge in [-0.05, 0) is 31.2 Å². The van der Waals surface area contributed by atoms with Gasteiger partial charge in [0.05, 0.1) is 10.9 Å². The highest BCUT2D eigenvalue weighted by atomic mass is 16.5. The maximum atomic E-state index is 12.2. The Morgan fingerprint density at radius 2 is 1.86 bits per heavy atom. The second kappa shape index (κ2) is 5.77. The number of rotatable bonds is 3. The van der Waals surface area contributed by atoms with Crippen LogP contribution in [-0.4, -0.2) is 21.0 Å². The lowest BCUT2D eigenvalue weighted by molar-refractivity contribution is 0.0336. The first-order chi connectivity index (χ1) is 10.6. The van der Waals surface area contributed by atoms with Gasteiger partial charge in [-0.1, -0.05) is 35.0 Å². The largest absolute Gasteiger partial charge is 0.439 e. The Hall–Kier alpha value is -3.02. The van der Waals surface area contributed by atoms with Crippen molar-refractivity contribution in [3.63, 3.8) is 0 Å². The first-order valence-electron chi connectivity index (χ1n) is 6.71. The normalized spacial score (nSPS) is 10.6. The molecule has 0 bridgehead atoms. The second-order valence-electron chi connectivity index (χ2n) is 4.84. The van der Waals surface area contributed by atoms with E-state index >= 15 is 0 Å². The minimum absolute atomic E-state index is 0.274. The Balaban J connectivity index is 1.79. The molecule has 0 atom stereocenters. The van der Waals surface area contributed by atoms with Crippen molar-refractivity contribution >= 4 is 16.9 Å². The number of esters is 1. The molecule has 2 aromatic carbocycles. The molecule has 110 valence electrons. The number of aryl methyl sites for hydroxylation is 1. The van der Waals surface area contributed by atoms with Crippen molar-refractivity contribution in [2.45, 2.75) is 13.7 Å². The molecule has 1 heterocycles. The molecule has 6 heteroatoms. The Morgan fingerprint density at radius 1 is 1.14 bits per heavy atom. The monoisotopic (exact) mass is 295 g/mol. The fraction of sp³-hybridized carbons (Fsp3) is 0.125. The number of benzene rings is 2. The molecule has 0 fully saturated rings. The van der Waals surface area contributed by atoms with Crippen LogP contribution in [0.2, 0.25) is 0 Å². The highest BCUT2D eigenvalue weighted by Gasteiger charge is 2.09. The number of carbonyl (C=O) groups excluding carboxylic acids is 1. The van der Waals surface area contributed by atoms with Gasteiger partial charge in [-0.3, -0.25) is 4.79 Å². The minimum atomic E-state index is -0.512. The van der Waals surface area contributed by atoms with E-state index in [1.54, 1.807) is 36.4 Å². The van der Waals surface area contributed by atoms with Crippen molar-refractivity contribution in [2.75, 3.05) is 0 Å². The van der Waals surface area contributed by atoms with Crippen molar-refractivity contribution < 1.29 is 9.53 Å². The average Bonchev–Trinajstić information content (AvgIpc) is 2.55. The molecule has 22 heavy (non-hydrogen) atoms. The molecule has 0 unspecified atom stereocenters. The average molecular weight is 295 g/mol. The van der Waals surface area contributed by atoms with Crippen LogP contribution in [0, 0.1) is 6.92 Å². The number of fused-ring (bicyclic) bond motifs is 1. The van der Waals surface area contributed by atoms with Crippen LogP contribution in [-0.2, 0) is 11.5 Å². The summed E-state index contributed by atoms with van der Waals surface area (Å²) in [6, 6.07) is 13.9. The van der Waals surface area contributed by atoms with Gasteiger partial charge in [0.15, 0.2) is 6.73 Å². The van der Waals surface area contributed by atoms with Crippen LogP contribution in [0.15, 0.2) is 53.3 Å². The Morgan fingerprint density at radius 3 is 2.64 bits per heavy atom. The molecule has 0 aliphatic rings. The molecular weight excluding hydrogens is 282 g/mol. The van der Waals surface area contributed by atoms with E-state index < -0.39 is 5.97 Å². The summed E-state index contributed by atoms with van der Waals surface area (Å²) in [5, 5.41) is 8.12. The van der Waals surface area contributed by atoms with Gasteiger partial charge in [-0.25, -0.2) is 4.79 Å². The fourth-order valence-corrected chi connectivity index (χ4v) is 2.00. The SMILES string of the molecule is Cc1ccc(C(=O)OCn2nnc3ccccc3c2=O)cc1. The Bertz CT molecular complexity index is 885. The summed E-state index contributed by atoms with van der Waals surface area (Å²) in [6.45, 7) is 1.66. The zero-order chi connectivity index (χ0) is 15.5. The summed E-state index contributed by atoms with van der Waals surface area (Å²) < 4.78 is 6.13. The second-order valence-corrected chi connectivity index (χ2v) is 4.84. The fourth-order valence-electron chi connectivity index (χ4n) is 2.00. The third-order valence-electron chi connectivity index (χ3n) is 3.23. The lowest BCUT2D eigenvalue weighted by atomic mass is 10.2. The van der Waals surface area contributed by atoms with E-state index in [1.165, 1.54) is 0 Å². The van der Waals surface area contributed by atoms with Crippen LogP contribution in [0.25, 0.3) is 10.9 Å². The molecule has 0 aliphatic heterocycles. The molecule has 0 spiro atoms. The summed E-state index contributed by atoms with van der Waals surface area (Å²) in [4.78, 5) is 24.1. The summed E-state index contributed by atoms with van der Waals surface area (Å²) in [5.41, 5.74) is 1.64. The van der Waals surface area contributed by atoms with E-state index in [4.69, 9.17) is 4.74 Å².